The van der Waals surface area contributed by atoms with E-state index in [2.05, 4.69) is 0 Å². The highest BCUT2D eigenvalue weighted by Gasteiger charge is 2.42. The summed E-state index contributed by atoms with van der Waals surface area (Å²) in [5.41, 5.74) is -4.71. The number of carboxylic acids is 3. The number of esters is 2. The van der Waals surface area contributed by atoms with Crippen LogP contribution >= 0.6 is 0 Å². The van der Waals surface area contributed by atoms with Gasteiger partial charge in [-0.05, 0) is 73.1 Å². The lowest BCUT2D eigenvalue weighted by molar-refractivity contribution is -0.163. The van der Waals surface area contributed by atoms with Gasteiger partial charge in [-0.2, -0.15) is 0 Å². The molecule has 0 aliphatic heterocycles. The van der Waals surface area contributed by atoms with E-state index in [1.54, 1.807) is 20.8 Å². The molecule has 0 radical (unpaired) electrons. The Morgan fingerprint density at radius 1 is 0.641 bits per heavy atom. The van der Waals surface area contributed by atoms with Gasteiger partial charge in [-0.1, -0.05) is 20.8 Å². The molecular weight excluding hydrogens is 512 g/mol. The van der Waals surface area contributed by atoms with Crippen LogP contribution in [0.3, 0.4) is 0 Å². The number of carboxylic acid groups (broad SMARTS) is 3. The number of aldehydes is 1. The van der Waals surface area contributed by atoms with Gasteiger partial charge in [-0.25, -0.2) is 0 Å². The summed E-state index contributed by atoms with van der Waals surface area (Å²) in [6.45, 7) is 11.7. The lowest BCUT2D eigenvalue weighted by Gasteiger charge is -2.31. The first-order valence-electron chi connectivity index (χ1n) is 13.2. The molecule has 0 amide bonds. The first-order valence-corrected chi connectivity index (χ1v) is 13.2. The van der Waals surface area contributed by atoms with Crippen LogP contribution < -0.4 is 0 Å². The summed E-state index contributed by atoms with van der Waals surface area (Å²) in [6.07, 6.45) is 1.11. The number of carbonyl (C=O) groups is 6. The van der Waals surface area contributed by atoms with Crippen molar-refractivity contribution < 1.29 is 53.6 Å². The molecule has 0 aromatic rings. The molecule has 0 aliphatic carbocycles. The zero-order chi connectivity index (χ0) is 30.8. The van der Waals surface area contributed by atoms with Gasteiger partial charge in [-0.15, -0.1) is 0 Å². The van der Waals surface area contributed by atoms with Crippen molar-refractivity contribution in [1.82, 2.24) is 0 Å². The van der Waals surface area contributed by atoms with Crippen LogP contribution in [0.4, 0.5) is 0 Å². The largest absolute Gasteiger partial charge is 0.481 e. The Kier molecular flexibility index (Phi) is 13.3. The Balaban J connectivity index is 5.53. The Morgan fingerprint density at radius 2 is 1.03 bits per heavy atom. The van der Waals surface area contributed by atoms with Gasteiger partial charge < -0.3 is 29.6 Å². The van der Waals surface area contributed by atoms with E-state index in [-0.39, 0.29) is 45.3 Å². The van der Waals surface area contributed by atoms with E-state index in [1.165, 1.54) is 34.6 Å². The molecule has 0 aliphatic rings. The van der Waals surface area contributed by atoms with Gasteiger partial charge in [-0.3, -0.25) is 24.0 Å². The van der Waals surface area contributed by atoms with Crippen molar-refractivity contribution in [3.8, 4) is 0 Å². The Morgan fingerprint density at radius 3 is 1.31 bits per heavy atom. The van der Waals surface area contributed by atoms with Crippen molar-refractivity contribution in [2.45, 2.75) is 93.9 Å². The monoisotopic (exact) mass is 558 g/mol. The van der Waals surface area contributed by atoms with Gasteiger partial charge in [0.15, 0.2) is 0 Å². The third-order valence-electron chi connectivity index (χ3n) is 7.71. The molecule has 0 bridgehead atoms. The molecule has 224 valence electrons. The number of hydrogen-bond donors (Lipinski definition) is 3. The fourth-order valence-electron chi connectivity index (χ4n) is 4.17. The van der Waals surface area contributed by atoms with E-state index < -0.39 is 63.3 Å². The molecular formula is C28H46O11. The second-order valence-electron chi connectivity index (χ2n) is 12.3. The standard InChI is InChI=1S/C28H46O11/c1-9-27(7,17-29)15-18(13-25(3,4)22(32)33)20(30)38-11-12-39-21(31)19(14-26(5,6)23(34)35)16-28(8,10-2)24(36)37/h17-19H,9-16H2,1-8H3,(H,32,33)(H,34,35)(H,36,37). The van der Waals surface area contributed by atoms with Crippen molar-refractivity contribution in [1.29, 1.82) is 0 Å². The SMILES string of the molecule is CCC(C)(C=O)CC(CC(C)(C)C(=O)O)C(=O)OCCOC(=O)C(CC(C)(C)C(=O)O)CC(C)(CC)C(=O)O. The minimum atomic E-state index is -1.32. The minimum absolute atomic E-state index is 0.0679. The molecule has 0 heterocycles. The number of rotatable bonds is 19. The molecule has 0 aromatic heterocycles. The van der Waals surface area contributed by atoms with E-state index in [4.69, 9.17) is 9.47 Å². The zero-order valence-corrected chi connectivity index (χ0v) is 24.5. The Hall–Kier alpha value is -2.98. The van der Waals surface area contributed by atoms with Crippen LogP contribution in [0.25, 0.3) is 0 Å². The van der Waals surface area contributed by atoms with E-state index >= 15 is 0 Å². The zero-order valence-electron chi connectivity index (χ0n) is 24.5. The molecule has 0 rings (SSSR count). The average Bonchev–Trinajstić information content (AvgIpc) is 2.84. The van der Waals surface area contributed by atoms with Crippen LogP contribution in [-0.2, 0) is 38.2 Å². The van der Waals surface area contributed by atoms with Crippen molar-refractivity contribution in [3.05, 3.63) is 0 Å². The summed E-state index contributed by atoms with van der Waals surface area (Å²) in [5.74, 6) is -6.82. The number of carbonyl (C=O) groups excluding carboxylic acids is 3. The second kappa shape index (κ2) is 14.4. The van der Waals surface area contributed by atoms with Gasteiger partial charge >= 0.3 is 29.8 Å². The Bertz CT molecular complexity index is 900. The van der Waals surface area contributed by atoms with Crippen molar-refractivity contribution >= 4 is 36.1 Å². The average molecular weight is 559 g/mol. The van der Waals surface area contributed by atoms with Gasteiger partial charge in [0.05, 0.1) is 28.1 Å². The summed E-state index contributed by atoms with van der Waals surface area (Å²) in [7, 11) is 0. The van der Waals surface area contributed by atoms with Crippen molar-refractivity contribution in [2.75, 3.05) is 13.2 Å². The maximum absolute atomic E-state index is 12.9. The molecule has 11 nitrogen and oxygen atoms in total. The molecule has 39 heavy (non-hydrogen) atoms. The molecule has 0 spiro atoms. The Labute approximate surface area is 230 Å². The van der Waals surface area contributed by atoms with Crippen molar-refractivity contribution in [3.63, 3.8) is 0 Å². The maximum atomic E-state index is 12.9. The molecule has 4 unspecified atom stereocenters. The van der Waals surface area contributed by atoms with Gasteiger partial charge in [0.25, 0.3) is 0 Å². The second-order valence-corrected chi connectivity index (χ2v) is 12.3. The fourth-order valence-corrected chi connectivity index (χ4v) is 4.17. The molecule has 0 fully saturated rings. The number of hydrogen-bond acceptors (Lipinski definition) is 8. The predicted octanol–water partition coefficient (Wildman–Crippen LogP) is 4.20. The van der Waals surface area contributed by atoms with Gasteiger partial charge in [0.1, 0.15) is 19.5 Å². The molecule has 4 atom stereocenters. The first-order chi connectivity index (χ1) is 17.7. The van der Waals surface area contributed by atoms with Crippen LogP contribution in [0, 0.1) is 33.5 Å². The van der Waals surface area contributed by atoms with Crippen LogP contribution in [0.1, 0.15) is 93.9 Å². The van der Waals surface area contributed by atoms with Crippen LogP contribution in [0.2, 0.25) is 0 Å². The van der Waals surface area contributed by atoms with E-state index in [0.29, 0.717) is 6.42 Å². The topological polar surface area (TPSA) is 182 Å². The molecule has 11 heteroatoms. The van der Waals surface area contributed by atoms with E-state index in [0.717, 1.165) is 6.29 Å². The molecule has 0 saturated heterocycles. The van der Waals surface area contributed by atoms with E-state index in [1.807, 2.05) is 0 Å². The lowest BCUT2D eigenvalue weighted by atomic mass is 9.73. The summed E-state index contributed by atoms with van der Waals surface area (Å²) in [4.78, 5) is 72.5. The summed E-state index contributed by atoms with van der Waals surface area (Å²) in [6, 6.07) is 0. The lowest BCUT2D eigenvalue weighted by Crippen LogP contribution is -2.37. The maximum Gasteiger partial charge on any atom is 0.309 e. The predicted molar refractivity (Wildman–Crippen MR) is 141 cm³/mol. The van der Waals surface area contributed by atoms with Crippen LogP contribution in [0.5, 0.6) is 0 Å². The van der Waals surface area contributed by atoms with Gasteiger partial charge in [0, 0.05) is 5.41 Å². The highest BCUT2D eigenvalue weighted by atomic mass is 16.6. The van der Waals surface area contributed by atoms with Crippen LogP contribution in [0.15, 0.2) is 0 Å². The first kappa shape index (κ1) is 36.0. The summed E-state index contributed by atoms with van der Waals surface area (Å²) >= 11 is 0. The van der Waals surface area contributed by atoms with Crippen molar-refractivity contribution in [2.24, 2.45) is 33.5 Å². The fraction of sp³-hybridized carbons (Fsp3) is 0.786. The quantitative estimate of drug-likeness (QED) is 0.117. The minimum Gasteiger partial charge on any atom is -0.481 e. The van der Waals surface area contributed by atoms with Crippen LogP contribution in [-0.4, -0.2) is 64.7 Å². The summed E-state index contributed by atoms with van der Waals surface area (Å²) < 4.78 is 10.5. The highest BCUT2D eigenvalue weighted by molar-refractivity contribution is 5.79. The molecule has 0 saturated carbocycles. The molecule has 3 N–H and O–H groups in total. The third kappa shape index (κ3) is 11.0. The third-order valence-corrected chi connectivity index (χ3v) is 7.71. The smallest absolute Gasteiger partial charge is 0.309 e. The highest BCUT2D eigenvalue weighted by Crippen LogP contribution is 2.37. The number of aliphatic carboxylic acids is 3. The summed E-state index contributed by atoms with van der Waals surface area (Å²) in [5, 5.41) is 28.7. The van der Waals surface area contributed by atoms with E-state index in [9.17, 15) is 44.1 Å². The molecule has 0 aromatic carbocycles. The normalized spacial score (nSPS) is 16.6. The number of ether oxygens (including phenoxy) is 2. The van der Waals surface area contributed by atoms with Gasteiger partial charge in [0.2, 0.25) is 0 Å².